The van der Waals surface area contributed by atoms with Gasteiger partial charge in [-0.05, 0) is 50.2 Å². The van der Waals surface area contributed by atoms with Gasteiger partial charge in [-0.2, -0.15) is 0 Å². The van der Waals surface area contributed by atoms with Crippen LogP contribution in [0.1, 0.15) is 17.5 Å². The lowest BCUT2D eigenvalue weighted by Gasteiger charge is -2.14. The highest BCUT2D eigenvalue weighted by Crippen LogP contribution is 2.17. The van der Waals surface area contributed by atoms with Crippen molar-refractivity contribution in [1.29, 1.82) is 0 Å². The Morgan fingerprint density at radius 1 is 1.47 bits per heavy atom. The monoisotopic (exact) mass is 283 g/mol. The summed E-state index contributed by atoms with van der Waals surface area (Å²) in [5.74, 6) is 0. The Bertz CT molecular complexity index is 557. The number of likely N-dealkylation sites (tertiary alicyclic amines) is 1. The minimum Gasteiger partial charge on any atom is -0.326 e. The Balaban J connectivity index is 2.17. The molecule has 0 spiro atoms. The van der Waals surface area contributed by atoms with Crippen molar-refractivity contribution in [3.8, 4) is 0 Å². The van der Waals surface area contributed by atoms with Crippen molar-refractivity contribution in [1.82, 2.24) is 9.62 Å². The molecule has 1 aliphatic heterocycles. The van der Waals surface area contributed by atoms with E-state index >= 15 is 0 Å². The first-order chi connectivity index (χ1) is 8.92. The van der Waals surface area contributed by atoms with Crippen LogP contribution in [-0.2, 0) is 16.6 Å². The average Bonchev–Trinajstić information content (AvgIpc) is 2.73. The average molecular weight is 283 g/mol. The molecule has 0 radical (unpaired) electrons. The lowest BCUT2D eigenvalue weighted by atomic mass is 10.1. The number of hydrogen-bond acceptors (Lipinski definition) is 4. The molecule has 1 aromatic carbocycles. The normalized spacial score (nSPS) is 20.9. The lowest BCUT2D eigenvalue weighted by Crippen LogP contribution is -2.36. The molecule has 19 heavy (non-hydrogen) atoms. The summed E-state index contributed by atoms with van der Waals surface area (Å²) in [5, 5.41) is 0. The number of hydrogen-bond donors (Lipinski definition) is 2. The van der Waals surface area contributed by atoms with Gasteiger partial charge in [0.1, 0.15) is 0 Å². The smallest absolute Gasteiger partial charge is 0.240 e. The lowest BCUT2D eigenvalue weighted by molar-refractivity contribution is 0.407. The molecule has 1 fully saturated rings. The topological polar surface area (TPSA) is 75.4 Å². The minimum atomic E-state index is -3.43. The van der Waals surface area contributed by atoms with Crippen molar-refractivity contribution in [3.63, 3.8) is 0 Å². The summed E-state index contributed by atoms with van der Waals surface area (Å²) >= 11 is 0. The van der Waals surface area contributed by atoms with E-state index in [0.717, 1.165) is 30.6 Å². The predicted molar refractivity (Wildman–Crippen MR) is 75.3 cm³/mol. The third kappa shape index (κ3) is 3.33. The molecule has 0 bridgehead atoms. The van der Waals surface area contributed by atoms with Crippen LogP contribution in [0.3, 0.4) is 0 Å². The van der Waals surface area contributed by atoms with Crippen LogP contribution in [0.15, 0.2) is 23.1 Å². The number of nitrogens with one attached hydrogen (secondary N) is 1. The van der Waals surface area contributed by atoms with Gasteiger partial charge in [0.15, 0.2) is 0 Å². The summed E-state index contributed by atoms with van der Waals surface area (Å²) in [6.07, 6.45) is 0.857. The number of nitrogens with zero attached hydrogens (tertiary/aromatic N) is 1. The second kappa shape index (κ2) is 5.58. The van der Waals surface area contributed by atoms with Gasteiger partial charge in [-0.1, -0.05) is 6.07 Å². The van der Waals surface area contributed by atoms with Crippen LogP contribution >= 0.6 is 0 Å². The highest BCUT2D eigenvalue weighted by Gasteiger charge is 2.25. The van der Waals surface area contributed by atoms with E-state index in [1.807, 2.05) is 14.0 Å². The Labute approximate surface area is 114 Å². The van der Waals surface area contributed by atoms with Crippen LogP contribution < -0.4 is 10.5 Å². The SMILES string of the molecule is Cc1cc(S(=O)(=O)NC2CCN(C)C2)ccc1CN. The molecule has 106 valence electrons. The van der Waals surface area contributed by atoms with Crippen LogP contribution in [0, 0.1) is 6.92 Å². The zero-order valence-corrected chi connectivity index (χ0v) is 12.2. The second-order valence-electron chi connectivity index (χ2n) is 5.16. The predicted octanol–water partition coefficient (Wildman–Crippen LogP) is 0.436. The number of nitrogens with two attached hydrogens (primary N) is 1. The van der Waals surface area contributed by atoms with Crippen molar-refractivity contribution < 1.29 is 8.42 Å². The van der Waals surface area contributed by atoms with E-state index in [1.54, 1.807) is 18.2 Å². The fourth-order valence-electron chi connectivity index (χ4n) is 2.38. The molecule has 5 nitrogen and oxygen atoms in total. The highest BCUT2D eigenvalue weighted by molar-refractivity contribution is 7.89. The highest BCUT2D eigenvalue weighted by atomic mass is 32.2. The molecule has 0 saturated carbocycles. The number of benzene rings is 1. The van der Waals surface area contributed by atoms with Crippen molar-refractivity contribution in [2.45, 2.75) is 30.8 Å². The van der Waals surface area contributed by atoms with Gasteiger partial charge in [-0.3, -0.25) is 0 Å². The van der Waals surface area contributed by atoms with Crippen molar-refractivity contribution in [3.05, 3.63) is 29.3 Å². The second-order valence-corrected chi connectivity index (χ2v) is 6.88. The maximum absolute atomic E-state index is 12.3. The van der Waals surface area contributed by atoms with Gasteiger partial charge in [0.05, 0.1) is 4.90 Å². The van der Waals surface area contributed by atoms with E-state index in [4.69, 9.17) is 5.73 Å². The Kier molecular flexibility index (Phi) is 4.25. The van der Waals surface area contributed by atoms with Crippen molar-refractivity contribution in [2.24, 2.45) is 5.73 Å². The van der Waals surface area contributed by atoms with Gasteiger partial charge in [0.25, 0.3) is 0 Å². The van der Waals surface area contributed by atoms with Crippen molar-refractivity contribution in [2.75, 3.05) is 20.1 Å². The first-order valence-corrected chi connectivity index (χ1v) is 7.91. The molecule has 1 aliphatic rings. The van der Waals surface area contributed by atoms with E-state index in [1.165, 1.54) is 0 Å². The molecule has 1 heterocycles. The van der Waals surface area contributed by atoms with Crippen molar-refractivity contribution >= 4 is 10.0 Å². The molecule has 0 aromatic heterocycles. The molecule has 1 aromatic rings. The molecular weight excluding hydrogens is 262 g/mol. The number of likely N-dealkylation sites (N-methyl/N-ethyl adjacent to an activating group) is 1. The van der Waals surface area contributed by atoms with Gasteiger partial charge in [0, 0.05) is 19.1 Å². The van der Waals surface area contributed by atoms with Gasteiger partial charge in [-0.25, -0.2) is 13.1 Å². The fraction of sp³-hybridized carbons (Fsp3) is 0.538. The minimum absolute atomic E-state index is 0.00416. The van der Waals surface area contributed by atoms with Gasteiger partial charge in [-0.15, -0.1) is 0 Å². The summed E-state index contributed by atoms with van der Waals surface area (Å²) in [4.78, 5) is 2.44. The maximum Gasteiger partial charge on any atom is 0.240 e. The molecule has 6 heteroatoms. The quantitative estimate of drug-likeness (QED) is 0.840. The van der Waals surface area contributed by atoms with Gasteiger partial charge < -0.3 is 10.6 Å². The number of aryl methyl sites for hydroxylation is 1. The van der Waals surface area contributed by atoms with Crippen LogP contribution in [0.4, 0.5) is 0 Å². The fourth-order valence-corrected chi connectivity index (χ4v) is 3.73. The summed E-state index contributed by atoms with van der Waals surface area (Å²) in [5.41, 5.74) is 7.47. The summed E-state index contributed by atoms with van der Waals surface area (Å²) in [7, 11) is -1.44. The standard InChI is InChI=1S/C13H21N3O2S/c1-10-7-13(4-3-11(10)8-14)19(17,18)15-12-5-6-16(2)9-12/h3-4,7,12,15H,5-6,8-9,14H2,1-2H3. The van der Waals surface area contributed by atoms with Crippen LogP contribution in [0.2, 0.25) is 0 Å². The van der Waals surface area contributed by atoms with E-state index in [0.29, 0.717) is 11.4 Å². The summed E-state index contributed by atoms with van der Waals surface area (Å²) < 4.78 is 27.3. The molecular formula is C13H21N3O2S. The maximum atomic E-state index is 12.3. The Hall–Kier alpha value is -0.950. The van der Waals surface area contributed by atoms with E-state index < -0.39 is 10.0 Å². The zero-order valence-electron chi connectivity index (χ0n) is 11.4. The number of sulfonamides is 1. The molecule has 3 N–H and O–H groups in total. The summed E-state index contributed by atoms with van der Waals surface area (Å²) in [6, 6.07) is 5.09. The molecule has 0 aliphatic carbocycles. The Morgan fingerprint density at radius 3 is 2.74 bits per heavy atom. The van der Waals surface area contributed by atoms with E-state index in [2.05, 4.69) is 9.62 Å². The molecule has 1 saturated heterocycles. The first kappa shape index (κ1) is 14.5. The van der Waals surface area contributed by atoms with Gasteiger partial charge >= 0.3 is 0 Å². The third-order valence-corrected chi connectivity index (χ3v) is 5.08. The molecule has 0 amide bonds. The van der Waals surface area contributed by atoms with Gasteiger partial charge in [0.2, 0.25) is 10.0 Å². The number of rotatable bonds is 4. The molecule has 1 unspecified atom stereocenters. The molecule has 1 atom stereocenters. The van der Waals surface area contributed by atoms with E-state index in [-0.39, 0.29) is 6.04 Å². The van der Waals surface area contributed by atoms with Crippen LogP contribution in [-0.4, -0.2) is 39.5 Å². The van der Waals surface area contributed by atoms with Crippen LogP contribution in [0.5, 0.6) is 0 Å². The van der Waals surface area contributed by atoms with Crippen LogP contribution in [0.25, 0.3) is 0 Å². The zero-order chi connectivity index (χ0) is 14.0. The Morgan fingerprint density at radius 2 is 2.21 bits per heavy atom. The summed E-state index contributed by atoms with van der Waals surface area (Å²) in [6.45, 7) is 4.00. The molecule has 2 rings (SSSR count). The van der Waals surface area contributed by atoms with E-state index in [9.17, 15) is 8.42 Å². The largest absolute Gasteiger partial charge is 0.326 e. The third-order valence-electron chi connectivity index (χ3n) is 3.56. The first-order valence-electron chi connectivity index (χ1n) is 6.43.